The van der Waals surface area contributed by atoms with Gasteiger partial charge >= 0.3 is 0 Å². The van der Waals surface area contributed by atoms with Crippen molar-refractivity contribution in [1.82, 2.24) is 15.5 Å². The zero-order valence-electron chi connectivity index (χ0n) is 20.3. The standard InChI is InChI=1S/C26H41F2N3O2/c1-3-30-24(32)18-33-26(22-12-7-13-23(27)25(22)28)20-11-8-14-31(17-20)21(16-29-2)15-19-9-5-4-6-10-19/h7,12-13,19-21,26,29H,3-6,8-11,14-18H2,1-2H3,(H,30,32). The van der Waals surface area contributed by atoms with Crippen LogP contribution in [0.4, 0.5) is 8.78 Å². The number of carbonyl (C=O) groups is 1. The summed E-state index contributed by atoms with van der Waals surface area (Å²) < 4.78 is 34.8. The Morgan fingerprint density at radius 1 is 1.18 bits per heavy atom. The number of nitrogens with zero attached hydrogens (tertiary/aromatic N) is 1. The first-order valence-corrected chi connectivity index (χ1v) is 12.7. The number of amides is 1. The van der Waals surface area contributed by atoms with Crippen molar-refractivity contribution >= 4 is 5.91 Å². The molecule has 1 aliphatic heterocycles. The minimum Gasteiger partial charge on any atom is -0.363 e. The van der Waals surface area contributed by atoms with Gasteiger partial charge in [0.2, 0.25) is 5.91 Å². The van der Waals surface area contributed by atoms with Gasteiger partial charge in [-0.15, -0.1) is 0 Å². The van der Waals surface area contributed by atoms with Crippen molar-refractivity contribution in [2.45, 2.75) is 70.4 Å². The topological polar surface area (TPSA) is 53.6 Å². The Hall–Kier alpha value is -1.57. The second-order valence-corrected chi connectivity index (χ2v) is 9.68. The van der Waals surface area contributed by atoms with Crippen LogP contribution in [0, 0.1) is 23.5 Å². The molecule has 2 aliphatic rings. The van der Waals surface area contributed by atoms with E-state index >= 15 is 0 Å². The van der Waals surface area contributed by atoms with Crippen LogP contribution in [0.2, 0.25) is 0 Å². The number of halogens is 2. The predicted molar refractivity (Wildman–Crippen MR) is 127 cm³/mol. The largest absolute Gasteiger partial charge is 0.363 e. The van der Waals surface area contributed by atoms with Gasteiger partial charge in [0.05, 0.1) is 6.10 Å². The fourth-order valence-electron chi connectivity index (χ4n) is 5.66. The normalized spacial score (nSPS) is 22.1. The molecule has 2 N–H and O–H groups in total. The van der Waals surface area contributed by atoms with Crippen LogP contribution in [0.25, 0.3) is 0 Å². The molecule has 3 rings (SSSR count). The number of carbonyl (C=O) groups excluding carboxylic acids is 1. The van der Waals surface area contributed by atoms with Gasteiger partial charge in [0.1, 0.15) is 6.61 Å². The predicted octanol–water partition coefficient (Wildman–Crippen LogP) is 4.43. The summed E-state index contributed by atoms with van der Waals surface area (Å²) in [7, 11) is 2.00. The monoisotopic (exact) mass is 465 g/mol. The Morgan fingerprint density at radius 3 is 2.70 bits per heavy atom. The lowest BCUT2D eigenvalue weighted by molar-refractivity contribution is -0.130. The van der Waals surface area contributed by atoms with Crippen molar-refractivity contribution in [3.05, 3.63) is 35.4 Å². The number of nitrogens with one attached hydrogen (secondary N) is 2. The lowest BCUT2D eigenvalue weighted by Crippen LogP contribution is -2.49. The Labute approximate surface area is 197 Å². The number of piperidine rings is 1. The van der Waals surface area contributed by atoms with Crippen molar-refractivity contribution in [2.24, 2.45) is 11.8 Å². The zero-order valence-corrected chi connectivity index (χ0v) is 20.3. The minimum atomic E-state index is -0.878. The fraction of sp³-hybridized carbons (Fsp3) is 0.731. The number of likely N-dealkylation sites (tertiary alicyclic amines) is 1. The first-order chi connectivity index (χ1) is 16.0. The Kier molecular flexibility index (Phi) is 10.5. The number of rotatable bonds is 11. The molecule has 0 radical (unpaired) electrons. The van der Waals surface area contributed by atoms with Crippen LogP contribution >= 0.6 is 0 Å². The molecule has 1 heterocycles. The highest BCUT2D eigenvalue weighted by molar-refractivity contribution is 5.77. The van der Waals surface area contributed by atoms with Crippen LogP contribution in [-0.4, -0.2) is 56.7 Å². The molecule has 7 heteroatoms. The molecule has 1 aromatic rings. The maximum atomic E-state index is 14.8. The molecule has 33 heavy (non-hydrogen) atoms. The summed E-state index contributed by atoms with van der Waals surface area (Å²) in [5, 5.41) is 6.09. The van der Waals surface area contributed by atoms with Crippen LogP contribution < -0.4 is 10.6 Å². The van der Waals surface area contributed by atoms with E-state index in [0.29, 0.717) is 12.6 Å². The Morgan fingerprint density at radius 2 is 1.97 bits per heavy atom. The molecule has 2 fully saturated rings. The van der Waals surface area contributed by atoms with Crippen LogP contribution in [-0.2, 0) is 9.53 Å². The van der Waals surface area contributed by atoms with E-state index < -0.39 is 17.7 Å². The van der Waals surface area contributed by atoms with E-state index in [0.717, 1.165) is 44.5 Å². The third-order valence-electron chi connectivity index (χ3n) is 7.26. The average Bonchev–Trinajstić information content (AvgIpc) is 2.82. The molecular formula is C26H41F2N3O2. The van der Waals surface area contributed by atoms with Gasteiger partial charge in [-0.25, -0.2) is 8.78 Å². The third-order valence-corrected chi connectivity index (χ3v) is 7.26. The zero-order chi connectivity index (χ0) is 23.6. The van der Waals surface area contributed by atoms with Crippen LogP contribution in [0.5, 0.6) is 0 Å². The third kappa shape index (κ3) is 7.46. The summed E-state index contributed by atoms with van der Waals surface area (Å²) >= 11 is 0. The lowest BCUT2D eigenvalue weighted by Gasteiger charge is -2.42. The first kappa shape index (κ1) is 26.0. The number of ether oxygens (including phenoxy) is 1. The van der Waals surface area contributed by atoms with E-state index in [9.17, 15) is 13.6 Å². The second kappa shape index (κ2) is 13.4. The molecule has 1 saturated carbocycles. The summed E-state index contributed by atoms with van der Waals surface area (Å²) in [6.07, 6.45) is 8.98. The van der Waals surface area contributed by atoms with Crippen molar-refractivity contribution in [2.75, 3.05) is 39.8 Å². The quantitative estimate of drug-likeness (QED) is 0.508. The fourth-order valence-corrected chi connectivity index (χ4v) is 5.66. The van der Waals surface area contributed by atoms with Crippen molar-refractivity contribution in [3.63, 3.8) is 0 Å². The molecule has 1 aromatic carbocycles. The Balaban J connectivity index is 1.75. The van der Waals surface area contributed by atoms with Gasteiger partial charge in [-0.3, -0.25) is 9.69 Å². The molecule has 1 saturated heterocycles. The van der Waals surface area contributed by atoms with Crippen LogP contribution in [0.3, 0.4) is 0 Å². The highest BCUT2D eigenvalue weighted by Crippen LogP contribution is 2.36. The van der Waals surface area contributed by atoms with Crippen LogP contribution in [0.15, 0.2) is 18.2 Å². The van der Waals surface area contributed by atoms with E-state index in [-0.39, 0.29) is 24.0 Å². The van der Waals surface area contributed by atoms with Crippen molar-refractivity contribution in [3.8, 4) is 0 Å². The van der Waals surface area contributed by atoms with E-state index in [4.69, 9.17) is 4.74 Å². The maximum absolute atomic E-state index is 14.8. The molecule has 186 valence electrons. The molecule has 0 aromatic heterocycles. The summed E-state index contributed by atoms with van der Waals surface area (Å²) in [4.78, 5) is 14.6. The van der Waals surface area contributed by atoms with E-state index in [1.165, 1.54) is 44.6 Å². The molecule has 0 spiro atoms. The highest BCUT2D eigenvalue weighted by Gasteiger charge is 2.35. The summed E-state index contributed by atoms with van der Waals surface area (Å²) in [5.74, 6) is -1.22. The average molecular weight is 466 g/mol. The summed E-state index contributed by atoms with van der Waals surface area (Å²) in [5.41, 5.74) is 0.212. The molecule has 3 atom stereocenters. The number of benzene rings is 1. The molecule has 1 aliphatic carbocycles. The minimum absolute atomic E-state index is 0.00446. The van der Waals surface area contributed by atoms with Gasteiger partial charge in [0.15, 0.2) is 11.6 Å². The maximum Gasteiger partial charge on any atom is 0.246 e. The van der Waals surface area contributed by atoms with Gasteiger partial charge < -0.3 is 15.4 Å². The van der Waals surface area contributed by atoms with Gasteiger partial charge in [0, 0.05) is 37.2 Å². The number of likely N-dealkylation sites (N-methyl/N-ethyl adjacent to an activating group) is 2. The second-order valence-electron chi connectivity index (χ2n) is 9.68. The van der Waals surface area contributed by atoms with E-state index in [2.05, 4.69) is 15.5 Å². The number of hydrogen-bond acceptors (Lipinski definition) is 4. The molecule has 3 unspecified atom stereocenters. The van der Waals surface area contributed by atoms with Crippen molar-refractivity contribution in [1.29, 1.82) is 0 Å². The van der Waals surface area contributed by atoms with Gasteiger partial charge in [-0.2, -0.15) is 0 Å². The Bertz CT molecular complexity index is 742. The summed E-state index contributed by atoms with van der Waals surface area (Å²) in [6, 6.07) is 4.65. The molecule has 0 bridgehead atoms. The summed E-state index contributed by atoms with van der Waals surface area (Å²) in [6.45, 7) is 4.87. The van der Waals surface area contributed by atoms with E-state index in [1.54, 1.807) is 6.07 Å². The molecular weight excluding hydrogens is 424 g/mol. The van der Waals surface area contributed by atoms with Gasteiger partial charge in [0.25, 0.3) is 0 Å². The smallest absolute Gasteiger partial charge is 0.246 e. The number of hydrogen-bond donors (Lipinski definition) is 2. The van der Waals surface area contributed by atoms with E-state index in [1.807, 2.05) is 14.0 Å². The molecule has 5 nitrogen and oxygen atoms in total. The van der Waals surface area contributed by atoms with Gasteiger partial charge in [-0.05, 0) is 51.8 Å². The molecule has 1 amide bonds. The lowest BCUT2D eigenvalue weighted by atomic mass is 9.83. The van der Waals surface area contributed by atoms with Crippen LogP contribution in [0.1, 0.15) is 70.0 Å². The van der Waals surface area contributed by atoms with Gasteiger partial charge in [-0.1, -0.05) is 44.2 Å². The SMILES string of the molecule is CCNC(=O)COC(c1cccc(F)c1F)C1CCCN(C(CNC)CC2CCCCC2)C1. The van der Waals surface area contributed by atoms with Crippen molar-refractivity contribution < 1.29 is 18.3 Å². The highest BCUT2D eigenvalue weighted by atomic mass is 19.2. The first-order valence-electron chi connectivity index (χ1n) is 12.7.